The molecule has 2 saturated heterocycles. The van der Waals surface area contributed by atoms with E-state index in [1.807, 2.05) is 37.3 Å². The van der Waals surface area contributed by atoms with E-state index in [9.17, 15) is 9.59 Å². The van der Waals surface area contributed by atoms with Crippen LogP contribution in [0.5, 0.6) is 0 Å². The van der Waals surface area contributed by atoms with Crippen LogP contribution >= 0.6 is 0 Å². The number of aryl methyl sites for hydroxylation is 1. The fourth-order valence-corrected chi connectivity index (χ4v) is 5.18. The molecule has 186 valence electrons. The second-order valence-corrected chi connectivity index (χ2v) is 10.3. The lowest BCUT2D eigenvalue weighted by molar-refractivity contribution is -0.130. The first-order chi connectivity index (χ1) is 16.1. The molecule has 2 amide bonds. The Kier molecular flexibility index (Phi) is 6.80. The molecule has 0 bridgehead atoms. The second kappa shape index (κ2) is 9.48. The average Bonchev–Trinajstić information content (AvgIpc) is 3.51. The van der Waals surface area contributed by atoms with Gasteiger partial charge in [-0.1, -0.05) is 13.8 Å². The molecule has 0 aromatic carbocycles. The van der Waals surface area contributed by atoms with Crippen molar-refractivity contribution >= 4 is 11.8 Å². The number of carbonyl (C=O) groups is 2. The molecule has 1 unspecified atom stereocenters. The van der Waals surface area contributed by atoms with Crippen molar-refractivity contribution in [2.75, 3.05) is 40.3 Å². The Balaban J connectivity index is 1.49. The van der Waals surface area contributed by atoms with E-state index in [2.05, 4.69) is 20.2 Å². The van der Waals surface area contributed by atoms with E-state index in [4.69, 9.17) is 4.42 Å². The van der Waals surface area contributed by atoms with Crippen molar-refractivity contribution < 1.29 is 14.0 Å². The summed E-state index contributed by atoms with van der Waals surface area (Å²) in [4.78, 5) is 31.5. The van der Waals surface area contributed by atoms with Gasteiger partial charge in [0.1, 0.15) is 0 Å². The quantitative estimate of drug-likeness (QED) is 0.638. The Labute approximate surface area is 201 Å². The molecule has 34 heavy (non-hydrogen) atoms. The molecule has 2 aliphatic rings. The Morgan fingerprint density at radius 2 is 1.94 bits per heavy atom. The van der Waals surface area contributed by atoms with Crippen LogP contribution in [0, 0.1) is 12.3 Å². The van der Waals surface area contributed by atoms with Crippen molar-refractivity contribution in [3.05, 3.63) is 29.2 Å². The summed E-state index contributed by atoms with van der Waals surface area (Å²) < 4.78 is 7.87. The van der Waals surface area contributed by atoms with Gasteiger partial charge < -0.3 is 14.2 Å². The molecular formula is C24H37N7O3. The van der Waals surface area contributed by atoms with E-state index in [0.29, 0.717) is 37.0 Å². The first kappa shape index (κ1) is 24.4. The molecule has 2 fully saturated rings. The Bertz CT molecular complexity index is 1030. The van der Waals surface area contributed by atoms with Crippen LogP contribution in [-0.4, -0.2) is 86.8 Å². The fourth-order valence-electron chi connectivity index (χ4n) is 5.18. The number of carbonyl (C=O) groups excluding carboxylic acids is 2. The van der Waals surface area contributed by atoms with Gasteiger partial charge in [0.15, 0.2) is 0 Å². The van der Waals surface area contributed by atoms with Crippen LogP contribution in [0.15, 0.2) is 10.6 Å². The normalized spacial score (nSPS) is 20.4. The summed E-state index contributed by atoms with van der Waals surface area (Å²) >= 11 is 0. The molecule has 2 aromatic heterocycles. The molecular weight excluding hydrogens is 434 g/mol. The number of amides is 2. The van der Waals surface area contributed by atoms with Gasteiger partial charge in [-0.3, -0.25) is 19.2 Å². The largest absolute Gasteiger partial charge is 0.423 e. The van der Waals surface area contributed by atoms with Crippen molar-refractivity contribution in [2.45, 2.75) is 65.5 Å². The van der Waals surface area contributed by atoms with Gasteiger partial charge in [0.25, 0.3) is 5.91 Å². The van der Waals surface area contributed by atoms with E-state index in [-0.39, 0.29) is 29.2 Å². The molecule has 4 rings (SSSR count). The molecule has 4 heterocycles. The number of nitrogens with zero attached hydrogens (tertiary/aromatic N) is 7. The predicted octanol–water partition coefficient (Wildman–Crippen LogP) is 2.48. The number of likely N-dealkylation sites (tertiary alicyclic amines) is 2. The van der Waals surface area contributed by atoms with Crippen molar-refractivity contribution in [3.8, 4) is 0 Å². The van der Waals surface area contributed by atoms with Gasteiger partial charge in [0.05, 0.1) is 24.3 Å². The van der Waals surface area contributed by atoms with Gasteiger partial charge in [-0.25, -0.2) is 0 Å². The highest BCUT2D eigenvalue weighted by atomic mass is 16.4. The van der Waals surface area contributed by atoms with Gasteiger partial charge in [-0.05, 0) is 38.5 Å². The van der Waals surface area contributed by atoms with Crippen molar-refractivity contribution in [1.29, 1.82) is 0 Å². The second-order valence-electron chi connectivity index (χ2n) is 10.3. The third-order valence-electron chi connectivity index (χ3n) is 7.42. The maximum atomic E-state index is 13.2. The molecule has 1 atom stereocenters. The first-order valence-electron chi connectivity index (χ1n) is 12.2. The number of rotatable bonds is 6. The predicted molar refractivity (Wildman–Crippen MR) is 126 cm³/mol. The van der Waals surface area contributed by atoms with E-state index >= 15 is 0 Å². The highest BCUT2D eigenvalue weighted by Gasteiger charge is 2.49. The highest BCUT2D eigenvalue weighted by molar-refractivity contribution is 5.95. The fraction of sp³-hybridized carbons (Fsp3) is 0.708. The zero-order chi connectivity index (χ0) is 24.6. The summed E-state index contributed by atoms with van der Waals surface area (Å²) in [5.74, 6) is 1.48. The number of aromatic nitrogens is 4. The van der Waals surface area contributed by atoms with Crippen molar-refractivity contribution in [2.24, 2.45) is 5.41 Å². The third-order valence-corrected chi connectivity index (χ3v) is 7.42. The van der Waals surface area contributed by atoms with Gasteiger partial charge in [-0.2, -0.15) is 5.10 Å². The summed E-state index contributed by atoms with van der Waals surface area (Å²) in [5.41, 5.74) is 1.62. The molecule has 10 heteroatoms. The molecule has 2 aliphatic heterocycles. The Morgan fingerprint density at radius 3 is 2.50 bits per heavy atom. The van der Waals surface area contributed by atoms with E-state index in [1.165, 1.54) is 0 Å². The molecule has 0 aliphatic carbocycles. The lowest BCUT2D eigenvalue weighted by Crippen LogP contribution is -2.45. The van der Waals surface area contributed by atoms with Gasteiger partial charge in [0.2, 0.25) is 17.7 Å². The first-order valence-corrected chi connectivity index (χ1v) is 12.2. The zero-order valence-corrected chi connectivity index (χ0v) is 21.2. The molecule has 0 saturated carbocycles. The summed E-state index contributed by atoms with van der Waals surface area (Å²) in [7, 11) is 3.55. The zero-order valence-electron chi connectivity index (χ0n) is 21.2. The molecule has 10 nitrogen and oxygen atoms in total. The lowest BCUT2D eigenvalue weighted by Gasteiger charge is -2.39. The van der Waals surface area contributed by atoms with Gasteiger partial charge in [0, 0.05) is 51.9 Å². The van der Waals surface area contributed by atoms with Gasteiger partial charge >= 0.3 is 0 Å². The summed E-state index contributed by atoms with van der Waals surface area (Å²) in [6, 6.07) is -0.0869. The molecule has 1 spiro atoms. The summed E-state index contributed by atoms with van der Waals surface area (Å²) in [6.45, 7) is 11.3. The monoisotopic (exact) mass is 471 g/mol. The maximum absolute atomic E-state index is 13.2. The van der Waals surface area contributed by atoms with Crippen molar-refractivity contribution in [3.63, 3.8) is 0 Å². The average molecular weight is 472 g/mol. The minimum absolute atomic E-state index is 0.0170. The van der Waals surface area contributed by atoms with E-state index < -0.39 is 0 Å². The maximum Gasteiger partial charge on any atom is 0.257 e. The van der Waals surface area contributed by atoms with E-state index in [1.54, 1.807) is 25.2 Å². The third kappa shape index (κ3) is 4.60. The number of hydrogen-bond acceptors (Lipinski definition) is 7. The van der Waals surface area contributed by atoms with E-state index in [0.717, 1.165) is 38.0 Å². The molecule has 2 aromatic rings. The van der Waals surface area contributed by atoms with Crippen LogP contribution in [0.25, 0.3) is 0 Å². The number of piperidine rings is 1. The van der Waals surface area contributed by atoms with Crippen molar-refractivity contribution in [1.82, 2.24) is 34.7 Å². The number of hydrogen-bond donors (Lipinski definition) is 0. The van der Waals surface area contributed by atoms with Gasteiger partial charge in [-0.15, -0.1) is 10.2 Å². The highest BCUT2D eigenvalue weighted by Crippen LogP contribution is 2.49. The Morgan fingerprint density at radius 1 is 1.24 bits per heavy atom. The molecule has 0 N–H and O–H groups in total. The smallest absolute Gasteiger partial charge is 0.257 e. The lowest BCUT2D eigenvalue weighted by atomic mass is 9.76. The number of likely N-dealkylation sites (N-methyl/N-ethyl adjacent to an activating group) is 1. The summed E-state index contributed by atoms with van der Waals surface area (Å²) in [6.07, 6.45) is 4.30. The van der Waals surface area contributed by atoms with Crippen LogP contribution in [0.3, 0.4) is 0 Å². The van der Waals surface area contributed by atoms with Crippen LogP contribution in [0.1, 0.15) is 79.8 Å². The summed E-state index contributed by atoms with van der Waals surface area (Å²) in [5, 5.41) is 12.9. The SMILES string of the molecule is CCn1ncc(C(=O)N2CCC3(CC2)CC(c2nnc(C(C)C)o2)N(CC(=O)N(C)C)C3)c1C. The van der Waals surface area contributed by atoms with Crippen LogP contribution in [0.2, 0.25) is 0 Å². The van der Waals surface area contributed by atoms with Crippen LogP contribution in [0.4, 0.5) is 0 Å². The molecule has 0 radical (unpaired) electrons. The minimum atomic E-state index is -0.0869. The van der Waals surface area contributed by atoms with Crippen LogP contribution in [-0.2, 0) is 11.3 Å². The van der Waals surface area contributed by atoms with Crippen LogP contribution < -0.4 is 0 Å². The topological polar surface area (TPSA) is 101 Å². The minimum Gasteiger partial charge on any atom is -0.423 e. The Hall–Kier alpha value is -2.75. The standard InChI is InChI=1S/C24H37N7O3/c1-7-31-17(4)18(13-25-31)23(33)29-10-8-24(9-11-29)12-19(22-27-26-21(34-22)16(2)3)30(15-24)14-20(32)28(5)6/h13,16,19H,7-12,14-15H2,1-6H3.